The lowest BCUT2D eigenvalue weighted by Crippen LogP contribution is -2.03. The number of nitrogens with two attached hydrogens (primary N) is 1. The SMILES string of the molecule is NC1=[C+]C=Cc2cccc(-c3ccccc3)c21. The van der Waals surface area contributed by atoms with Crippen molar-refractivity contribution in [2.24, 2.45) is 5.73 Å². The van der Waals surface area contributed by atoms with Gasteiger partial charge in [-0.15, -0.1) is 0 Å². The Labute approximate surface area is 101 Å². The van der Waals surface area contributed by atoms with Gasteiger partial charge in [0.2, 0.25) is 5.70 Å². The predicted octanol–water partition coefficient (Wildman–Crippen LogP) is 3.48. The molecule has 80 valence electrons. The second kappa shape index (κ2) is 3.89. The van der Waals surface area contributed by atoms with E-state index in [1.807, 2.05) is 30.4 Å². The van der Waals surface area contributed by atoms with Crippen LogP contribution >= 0.6 is 0 Å². The molecule has 17 heavy (non-hydrogen) atoms. The standard InChI is InChI=1S/C16H12N/c17-15-11-5-9-13-8-4-10-14(16(13)15)12-6-2-1-3-7-12/h1-10H,17H2/q+1. The molecule has 0 radical (unpaired) electrons. The number of benzene rings is 2. The average Bonchev–Trinajstić information content (AvgIpc) is 2.39. The van der Waals surface area contributed by atoms with Gasteiger partial charge in [-0.25, -0.2) is 0 Å². The summed E-state index contributed by atoms with van der Waals surface area (Å²) in [4.78, 5) is 0. The zero-order chi connectivity index (χ0) is 11.7. The molecule has 0 heterocycles. The monoisotopic (exact) mass is 218 g/mol. The first-order valence-corrected chi connectivity index (χ1v) is 5.60. The third-order valence-corrected chi connectivity index (χ3v) is 2.95. The summed E-state index contributed by atoms with van der Waals surface area (Å²) in [6, 6.07) is 16.5. The third-order valence-electron chi connectivity index (χ3n) is 2.95. The van der Waals surface area contributed by atoms with Gasteiger partial charge in [-0.1, -0.05) is 36.4 Å². The lowest BCUT2D eigenvalue weighted by Gasteiger charge is -2.07. The highest BCUT2D eigenvalue weighted by Gasteiger charge is 2.21. The van der Waals surface area contributed by atoms with Crippen molar-refractivity contribution < 1.29 is 0 Å². The molecule has 2 N–H and O–H groups in total. The Morgan fingerprint density at radius 1 is 0.882 bits per heavy atom. The maximum absolute atomic E-state index is 6.04. The quantitative estimate of drug-likeness (QED) is 0.728. The van der Waals surface area contributed by atoms with E-state index >= 15 is 0 Å². The van der Waals surface area contributed by atoms with E-state index in [9.17, 15) is 0 Å². The van der Waals surface area contributed by atoms with Crippen molar-refractivity contribution >= 4 is 11.8 Å². The first kappa shape index (κ1) is 9.83. The topological polar surface area (TPSA) is 26.0 Å². The Hall–Kier alpha value is -2.37. The lowest BCUT2D eigenvalue weighted by molar-refractivity contribution is 1.45. The zero-order valence-electron chi connectivity index (χ0n) is 9.35. The van der Waals surface area contributed by atoms with Gasteiger partial charge in [0, 0.05) is 5.56 Å². The maximum Gasteiger partial charge on any atom is 0.209 e. The fourth-order valence-electron chi connectivity index (χ4n) is 2.16. The molecule has 2 aromatic rings. The Kier molecular flexibility index (Phi) is 2.25. The fraction of sp³-hybridized carbons (Fsp3) is 0. The Morgan fingerprint density at radius 2 is 1.71 bits per heavy atom. The van der Waals surface area contributed by atoms with Gasteiger partial charge in [-0.3, -0.25) is 0 Å². The van der Waals surface area contributed by atoms with E-state index < -0.39 is 0 Å². The second-order valence-electron chi connectivity index (χ2n) is 4.03. The van der Waals surface area contributed by atoms with Crippen molar-refractivity contribution in [2.45, 2.75) is 0 Å². The molecule has 1 heteroatoms. The van der Waals surface area contributed by atoms with Crippen molar-refractivity contribution in [3.63, 3.8) is 0 Å². The van der Waals surface area contributed by atoms with Crippen LogP contribution in [-0.4, -0.2) is 0 Å². The van der Waals surface area contributed by atoms with Crippen molar-refractivity contribution in [3.05, 3.63) is 71.8 Å². The van der Waals surface area contributed by atoms with Crippen LogP contribution in [0.5, 0.6) is 0 Å². The van der Waals surface area contributed by atoms with Crippen LogP contribution in [0, 0.1) is 6.08 Å². The third kappa shape index (κ3) is 1.63. The molecule has 1 nitrogen and oxygen atoms in total. The van der Waals surface area contributed by atoms with Crippen LogP contribution in [0.4, 0.5) is 0 Å². The highest BCUT2D eigenvalue weighted by molar-refractivity contribution is 5.87. The smallest absolute Gasteiger partial charge is 0.209 e. The molecule has 0 fully saturated rings. The largest absolute Gasteiger partial charge is 0.369 e. The molecular weight excluding hydrogens is 206 g/mol. The van der Waals surface area contributed by atoms with Crippen LogP contribution in [0.3, 0.4) is 0 Å². The molecule has 0 aromatic heterocycles. The number of hydrogen-bond donors (Lipinski definition) is 1. The van der Waals surface area contributed by atoms with Gasteiger partial charge in [-0.2, -0.15) is 0 Å². The molecule has 0 saturated carbocycles. The average molecular weight is 218 g/mol. The summed E-state index contributed by atoms with van der Waals surface area (Å²) in [6.45, 7) is 0. The second-order valence-corrected chi connectivity index (χ2v) is 4.03. The van der Waals surface area contributed by atoms with E-state index in [1.54, 1.807) is 0 Å². The molecule has 0 atom stereocenters. The van der Waals surface area contributed by atoms with Gasteiger partial charge in [0.15, 0.2) is 0 Å². The van der Waals surface area contributed by atoms with Crippen molar-refractivity contribution in [1.29, 1.82) is 0 Å². The van der Waals surface area contributed by atoms with E-state index in [4.69, 9.17) is 5.73 Å². The van der Waals surface area contributed by atoms with E-state index in [1.165, 1.54) is 5.56 Å². The summed E-state index contributed by atoms with van der Waals surface area (Å²) < 4.78 is 0. The molecule has 0 saturated heterocycles. The van der Waals surface area contributed by atoms with Crippen LogP contribution in [0.25, 0.3) is 22.9 Å². The minimum atomic E-state index is 0.710. The van der Waals surface area contributed by atoms with Gasteiger partial charge >= 0.3 is 0 Å². The number of allylic oxidation sites excluding steroid dienone is 2. The van der Waals surface area contributed by atoms with Gasteiger partial charge in [-0.05, 0) is 17.7 Å². The molecule has 2 aromatic carbocycles. The lowest BCUT2D eigenvalue weighted by atomic mass is 9.91. The van der Waals surface area contributed by atoms with Crippen LogP contribution < -0.4 is 5.73 Å². The first-order valence-electron chi connectivity index (χ1n) is 5.60. The molecule has 0 bridgehead atoms. The van der Waals surface area contributed by atoms with E-state index in [-0.39, 0.29) is 0 Å². The Bertz CT molecular complexity index is 607. The van der Waals surface area contributed by atoms with Crippen molar-refractivity contribution in [2.75, 3.05) is 0 Å². The Morgan fingerprint density at radius 3 is 2.53 bits per heavy atom. The van der Waals surface area contributed by atoms with E-state index in [0.717, 1.165) is 16.7 Å². The summed E-state index contributed by atoms with van der Waals surface area (Å²) >= 11 is 0. The first-order chi connectivity index (χ1) is 8.36. The van der Waals surface area contributed by atoms with Crippen molar-refractivity contribution in [1.82, 2.24) is 0 Å². The molecule has 0 amide bonds. The van der Waals surface area contributed by atoms with Gasteiger partial charge in [0.25, 0.3) is 0 Å². The van der Waals surface area contributed by atoms with Crippen molar-refractivity contribution in [3.8, 4) is 11.1 Å². The fourth-order valence-corrected chi connectivity index (χ4v) is 2.16. The van der Waals surface area contributed by atoms with Crippen LogP contribution in [0.15, 0.2) is 54.6 Å². The summed E-state index contributed by atoms with van der Waals surface area (Å²) in [6.07, 6.45) is 6.97. The molecule has 1 aliphatic rings. The van der Waals surface area contributed by atoms with Gasteiger partial charge < -0.3 is 5.73 Å². The summed E-state index contributed by atoms with van der Waals surface area (Å²) in [5, 5.41) is 0. The summed E-state index contributed by atoms with van der Waals surface area (Å²) in [7, 11) is 0. The molecule has 0 spiro atoms. The summed E-state index contributed by atoms with van der Waals surface area (Å²) in [5.41, 5.74) is 11.3. The van der Waals surface area contributed by atoms with E-state index in [2.05, 4.69) is 36.4 Å². The van der Waals surface area contributed by atoms with Gasteiger partial charge in [0.1, 0.15) is 11.6 Å². The number of hydrogen-bond acceptors (Lipinski definition) is 1. The minimum absolute atomic E-state index is 0.710. The maximum atomic E-state index is 6.04. The number of fused-ring (bicyclic) bond motifs is 1. The van der Waals surface area contributed by atoms with Crippen LogP contribution in [0.2, 0.25) is 0 Å². The molecule has 0 unspecified atom stereocenters. The van der Waals surface area contributed by atoms with E-state index in [0.29, 0.717) is 5.70 Å². The highest BCUT2D eigenvalue weighted by Crippen LogP contribution is 2.32. The normalized spacial score (nSPS) is 12.6. The van der Waals surface area contributed by atoms with Gasteiger partial charge in [0.05, 0.1) is 17.7 Å². The number of rotatable bonds is 1. The Balaban J connectivity index is 2.27. The minimum Gasteiger partial charge on any atom is -0.369 e. The van der Waals surface area contributed by atoms with Crippen LogP contribution in [-0.2, 0) is 0 Å². The van der Waals surface area contributed by atoms with Crippen LogP contribution in [0.1, 0.15) is 11.1 Å². The predicted molar refractivity (Wildman–Crippen MR) is 71.7 cm³/mol. The highest BCUT2D eigenvalue weighted by atomic mass is 14.6. The molecule has 3 rings (SSSR count). The molecule has 0 aliphatic heterocycles. The molecule has 1 aliphatic carbocycles. The molecular formula is C16H12N+. The summed E-state index contributed by atoms with van der Waals surface area (Å²) in [5.74, 6) is 0. The zero-order valence-corrected chi connectivity index (χ0v) is 9.35.